The molecule has 0 spiro atoms. The summed E-state index contributed by atoms with van der Waals surface area (Å²) in [5.41, 5.74) is 0. The zero-order chi connectivity index (χ0) is 15.0. The Morgan fingerprint density at radius 3 is 2.26 bits per heavy atom. The minimum atomic E-state index is -4.70. The molecule has 0 aromatic heterocycles. The van der Waals surface area contributed by atoms with Gasteiger partial charge in [0.2, 0.25) is 10.0 Å². The molecule has 1 rings (SSSR count). The predicted octanol–water partition coefficient (Wildman–Crippen LogP) is 3.99. The lowest BCUT2D eigenvalue weighted by molar-refractivity contribution is -0.147. The van der Waals surface area contributed by atoms with Gasteiger partial charge in [-0.05, 0) is 35.0 Å². The van der Waals surface area contributed by atoms with Gasteiger partial charge in [-0.1, -0.05) is 23.2 Å². The van der Waals surface area contributed by atoms with E-state index in [2.05, 4.69) is 15.9 Å². The molecule has 0 saturated carbocycles. The maximum Gasteiger partial charge on any atom is 0.404 e. The van der Waals surface area contributed by atoms with Crippen LogP contribution in [0.4, 0.5) is 13.2 Å². The Labute approximate surface area is 126 Å². The van der Waals surface area contributed by atoms with E-state index in [1.165, 1.54) is 10.8 Å². The lowest BCUT2D eigenvalue weighted by Crippen LogP contribution is -2.43. The van der Waals surface area contributed by atoms with Crippen LogP contribution >= 0.6 is 39.1 Å². The predicted molar refractivity (Wildman–Crippen MR) is 70.0 cm³/mol. The topological polar surface area (TPSA) is 46.2 Å². The van der Waals surface area contributed by atoms with Gasteiger partial charge in [0.25, 0.3) is 0 Å². The number of alkyl halides is 3. The second-order valence-electron chi connectivity index (χ2n) is 3.56. The molecule has 0 aliphatic heterocycles. The monoisotopic (exact) mass is 399 g/mol. The number of benzene rings is 1. The van der Waals surface area contributed by atoms with Crippen LogP contribution in [-0.4, -0.2) is 20.6 Å². The van der Waals surface area contributed by atoms with E-state index < -0.39 is 27.1 Å². The maximum atomic E-state index is 12.3. The molecule has 0 bridgehead atoms. The summed E-state index contributed by atoms with van der Waals surface area (Å²) in [5.74, 6) is 0. The first-order valence-corrected chi connectivity index (χ1v) is 7.72. The highest BCUT2D eigenvalue weighted by Gasteiger charge is 2.39. The molecule has 19 heavy (non-hydrogen) atoms. The summed E-state index contributed by atoms with van der Waals surface area (Å²) in [6, 6.07) is 0.0982. The molecule has 3 nitrogen and oxygen atoms in total. The largest absolute Gasteiger partial charge is 0.404 e. The van der Waals surface area contributed by atoms with Crippen LogP contribution in [0.1, 0.15) is 6.92 Å². The molecule has 1 N–H and O–H groups in total. The van der Waals surface area contributed by atoms with Gasteiger partial charge in [0, 0.05) is 4.47 Å². The van der Waals surface area contributed by atoms with Crippen LogP contribution in [0.15, 0.2) is 21.5 Å². The molecule has 1 aromatic carbocycles. The highest BCUT2D eigenvalue weighted by molar-refractivity contribution is 9.10. The normalized spacial score (nSPS) is 14.5. The fourth-order valence-electron chi connectivity index (χ4n) is 1.08. The molecule has 1 atom stereocenters. The lowest BCUT2D eigenvalue weighted by atomic mass is 10.4. The van der Waals surface area contributed by atoms with Crippen molar-refractivity contribution < 1.29 is 21.6 Å². The highest BCUT2D eigenvalue weighted by Crippen LogP contribution is 2.35. The van der Waals surface area contributed by atoms with Crippen LogP contribution in [0.3, 0.4) is 0 Å². The van der Waals surface area contributed by atoms with Gasteiger partial charge in [0.1, 0.15) is 10.9 Å². The molecule has 0 radical (unpaired) electrons. The minimum absolute atomic E-state index is 0.0933. The molecule has 0 fully saturated rings. The van der Waals surface area contributed by atoms with Gasteiger partial charge in [-0.3, -0.25) is 0 Å². The number of rotatable bonds is 3. The Morgan fingerprint density at radius 2 is 1.79 bits per heavy atom. The van der Waals surface area contributed by atoms with Crippen molar-refractivity contribution in [1.29, 1.82) is 0 Å². The quantitative estimate of drug-likeness (QED) is 0.780. The Hall–Kier alpha value is -0.0200. The first-order valence-electron chi connectivity index (χ1n) is 4.69. The van der Waals surface area contributed by atoms with Crippen molar-refractivity contribution in [2.24, 2.45) is 0 Å². The first-order chi connectivity index (χ1) is 8.47. The summed E-state index contributed by atoms with van der Waals surface area (Å²) in [5, 5.41) is -0.442. The zero-order valence-corrected chi connectivity index (χ0v) is 13.1. The number of hydrogen-bond donors (Lipinski definition) is 1. The molecule has 0 saturated heterocycles. The molecule has 108 valence electrons. The summed E-state index contributed by atoms with van der Waals surface area (Å²) >= 11 is 14.5. The number of nitrogens with one attached hydrogen (secondary N) is 1. The number of halogens is 6. The maximum absolute atomic E-state index is 12.3. The van der Waals surface area contributed by atoms with Gasteiger partial charge in [0.15, 0.2) is 0 Å². The first kappa shape index (κ1) is 17.0. The smallest absolute Gasteiger partial charge is 0.207 e. The number of hydrogen-bond acceptors (Lipinski definition) is 2. The van der Waals surface area contributed by atoms with Crippen LogP contribution in [0.25, 0.3) is 0 Å². The van der Waals surface area contributed by atoms with Gasteiger partial charge < -0.3 is 0 Å². The van der Waals surface area contributed by atoms with E-state index in [1.807, 2.05) is 0 Å². The molecule has 1 unspecified atom stereocenters. The Bertz CT molecular complexity index is 592. The van der Waals surface area contributed by atoms with E-state index in [0.29, 0.717) is 11.4 Å². The van der Waals surface area contributed by atoms with Crippen LogP contribution in [-0.2, 0) is 10.0 Å². The third-order valence-electron chi connectivity index (χ3n) is 2.11. The molecule has 0 heterocycles. The molecular weight excluding hydrogens is 394 g/mol. The molecule has 1 aromatic rings. The van der Waals surface area contributed by atoms with E-state index >= 15 is 0 Å². The van der Waals surface area contributed by atoms with E-state index in [1.54, 1.807) is 0 Å². The van der Waals surface area contributed by atoms with Crippen molar-refractivity contribution in [3.05, 3.63) is 26.7 Å². The number of sulfonamides is 1. The third kappa shape index (κ3) is 3.98. The highest BCUT2D eigenvalue weighted by atomic mass is 79.9. The van der Waals surface area contributed by atoms with Crippen molar-refractivity contribution >= 4 is 49.2 Å². The van der Waals surface area contributed by atoms with E-state index in [-0.39, 0.29) is 10.0 Å². The van der Waals surface area contributed by atoms with Crippen molar-refractivity contribution in [3.63, 3.8) is 0 Å². The minimum Gasteiger partial charge on any atom is -0.207 e. The summed E-state index contributed by atoms with van der Waals surface area (Å²) in [4.78, 5) is -0.515. The van der Waals surface area contributed by atoms with Crippen molar-refractivity contribution in [3.8, 4) is 0 Å². The van der Waals surface area contributed by atoms with E-state index in [4.69, 9.17) is 23.2 Å². The van der Waals surface area contributed by atoms with Crippen LogP contribution in [0.2, 0.25) is 10.0 Å². The standard InChI is InChI=1S/C9H7BrCl2F3NO2S/c1-4(9(13,14)15)16-19(17,18)6-3-2-5(10)7(11)8(6)12/h2-4,16H,1H3. The van der Waals surface area contributed by atoms with Crippen molar-refractivity contribution in [2.45, 2.75) is 24.0 Å². The molecule has 0 aliphatic carbocycles. The summed E-state index contributed by atoms with van der Waals surface area (Å²) in [6.45, 7) is 0.686. The Balaban J connectivity index is 3.19. The van der Waals surface area contributed by atoms with Gasteiger partial charge >= 0.3 is 6.18 Å². The summed E-state index contributed by atoms with van der Waals surface area (Å²) < 4.78 is 62.5. The fourth-order valence-corrected chi connectivity index (χ4v) is 3.52. The van der Waals surface area contributed by atoms with Gasteiger partial charge in [-0.25, -0.2) is 8.42 Å². The third-order valence-corrected chi connectivity index (χ3v) is 5.58. The average Bonchev–Trinajstić information content (AvgIpc) is 2.23. The Morgan fingerprint density at radius 1 is 1.26 bits per heavy atom. The van der Waals surface area contributed by atoms with Crippen LogP contribution in [0, 0.1) is 0 Å². The van der Waals surface area contributed by atoms with Gasteiger partial charge in [-0.15, -0.1) is 0 Å². The molecule has 0 aliphatic rings. The van der Waals surface area contributed by atoms with Crippen molar-refractivity contribution in [2.75, 3.05) is 0 Å². The average molecular weight is 401 g/mol. The Kier molecular flexibility index (Phi) is 5.17. The van der Waals surface area contributed by atoms with E-state index in [9.17, 15) is 21.6 Å². The summed E-state index contributed by atoms with van der Waals surface area (Å²) in [6.07, 6.45) is -4.70. The second kappa shape index (κ2) is 5.77. The van der Waals surface area contributed by atoms with Crippen molar-refractivity contribution in [1.82, 2.24) is 4.72 Å². The van der Waals surface area contributed by atoms with Gasteiger partial charge in [-0.2, -0.15) is 17.9 Å². The SMILES string of the molecule is CC(NS(=O)(=O)c1ccc(Br)c(Cl)c1Cl)C(F)(F)F. The molecule has 10 heteroatoms. The zero-order valence-electron chi connectivity index (χ0n) is 9.22. The van der Waals surface area contributed by atoms with Crippen LogP contribution in [0.5, 0.6) is 0 Å². The van der Waals surface area contributed by atoms with E-state index in [0.717, 1.165) is 6.07 Å². The van der Waals surface area contributed by atoms with Gasteiger partial charge in [0.05, 0.1) is 10.0 Å². The van der Waals surface area contributed by atoms with Crippen LogP contribution < -0.4 is 4.72 Å². The second-order valence-corrected chi connectivity index (χ2v) is 6.85. The fraction of sp³-hybridized carbons (Fsp3) is 0.333. The molecular formula is C9H7BrCl2F3NO2S. The lowest BCUT2D eigenvalue weighted by Gasteiger charge is -2.18. The molecule has 0 amide bonds. The summed E-state index contributed by atoms with van der Waals surface area (Å²) in [7, 11) is -4.42.